The molecule has 1 aromatic carbocycles. The molecule has 2 rings (SSSR count). The van der Waals surface area contributed by atoms with Crippen molar-refractivity contribution in [2.24, 2.45) is 0 Å². The van der Waals surface area contributed by atoms with Gasteiger partial charge < -0.3 is 10.0 Å². The van der Waals surface area contributed by atoms with Gasteiger partial charge in [-0.25, -0.2) is 14.8 Å². The number of benzene rings is 1. The van der Waals surface area contributed by atoms with E-state index in [0.29, 0.717) is 18.5 Å². The maximum atomic E-state index is 12.9. The molecule has 0 bridgehead atoms. The number of hydrogen-bond acceptors (Lipinski definition) is 4. The van der Waals surface area contributed by atoms with E-state index < -0.39 is 17.8 Å². The Morgan fingerprint density at radius 3 is 2.65 bits per heavy atom. The Bertz CT molecular complexity index is 847. The fourth-order valence-electron chi connectivity index (χ4n) is 2.27. The van der Waals surface area contributed by atoms with Crippen molar-refractivity contribution < 1.29 is 23.1 Å². The van der Waals surface area contributed by atoms with E-state index in [0.717, 1.165) is 17.0 Å². The van der Waals surface area contributed by atoms with Gasteiger partial charge in [0.15, 0.2) is 0 Å². The Balaban J connectivity index is 2.27. The molecule has 9 heteroatoms. The molecule has 1 amide bonds. The number of carboxylic acid groups (broad SMARTS) is 1. The summed E-state index contributed by atoms with van der Waals surface area (Å²) in [5.74, 6) is -0.151. The monoisotopic (exact) mass is 364 g/mol. The Hall–Kier alpha value is -3.15. The number of carbonyl (C=O) groups is 1. The second kappa shape index (κ2) is 7.82. The fraction of sp³-hybridized carbons (Fsp3) is 0.294. The van der Waals surface area contributed by atoms with Crippen molar-refractivity contribution in [3.8, 4) is 17.3 Å². The lowest BCUT2D eigenvalue weighted by atomic mass is 10.1. The lowest BCUT2D eigenvalue weighted by Crippen LogP contribution is -2.26. The van der Waals surface area contributed by atoms with Gasteiger partial charge >= 0.3 is 12.3 Å². The molecule has 0 atom stereocenters. The first kappa shape index (κ1) is 19.2. The van der Waals surface area contributed by atoms with Crippen LogP contribution in [0.1, 0.15) is 23.5 Å². The van der Waals surface area contributed by atoms with Crippen LogP contribution in [0, 0.1) is 11.3 Å². The largest absolute Gasteiger partial charge is 0.465 e. The van der Waals surface area contributed by atoms with Gasteiger partial charge in [0.05, 0.1) is 11.3 Å². The molecule has 0 radical (unpaired) electrons. The zero-order valence-corrected chi connectivity index (χ0v) is 13.8. The first-order valence-corrected chi connectivity index (χ1v) is 7.60. The zero-order chi connectivity index (χ0) is 19.3. The van der Waals surface area contributed by atoms with Crippen LogP contribution in [0.2, 0.25) is 0 Å². The van der Waals surface area contributed by atoms with Crippen molar-refractivity contribution in [2.75, 3.05) is 13.6 Å². The van der Waals surface area contributed by atoms with E-state index in [1.165, 1.54) is 25.2 Å². The molecule has 0 spiro atoms. The van der Waals surface area contributed by atoms with Crippen LogP contribution >= 0.6 is 0 Å². The van der Waals surface area contributed by atoms with Gasteiger partial charge in [-0.3, -0.25) is 0 Å². The van der Waals surface area contributed by atoms with Gasteiger partial charge in [-0.05, 0) is 31.0 Å². The van der Waals surface area contributed by atoms with Crippen LogP contribution in [-0.2, 0) is 12.6 Å². The summed E-state index contributed by atoms with van der Waals surface area (Å²) in [6, 6.07) is 7.97. The number of nitriles is 1. The quantitative estimate of drug-likeness (QED) is 0.876. The number of aryl methyl sites for hydroxylation is 1. The zero-order valence-electron chi connectivity index (χ0n) is 13.8. The summed E-state index contributed by atoms with van der Waals surface area (Å²) >= 11 is 0. The van der Waals surface area contributed by atoms with Gasteiger partial charge in [0.1, 0.15) is 6.07 Å². The number of halogens is 3. The van der Waals surface area contributed by atoms with Crippen LogP contribution in [0.15, 0.2) is 30.3 Å². The highest BCUT2D eigenvalue weighted by Gasteiger charge is 2.30. The molecule has 136 valence electrons. The third kappa shape index (κ3) is 4.92. The van der Waals surface area contributed by atoms with Crippen LogP contribution in [0.3, 0.4) is 0 Å². The van der Waals surface area contributed by atoms with E-state index in [2.05, 4.69) is 9.97 Å². The minimum Gasteiger partial charge on any atom is -0.465 e. The molecule has 0 saturated carbocycles. The maximum Gasteiger partial charge on any atom is 0.416 e. The number of aromatic nitrogens is 2. The fourth-order valence-corrected chi connectivity index (χ4v) is 2.27. The molecular weight excluding hydrogens is 349 g/mol. The molecule has 0 aliphatic rings. The summed E-state index contributed by atoms with van der Waals surface area (Å²) in [7, 11) is 1.43. The predicted octanol–water partition coefficient (Wildman–Crippen LogP) is 3.58. The van der Waals surface area contributed by atoms with E-state index in [9.17, 15) is 18.0 Å². The van der Waals surface area contributed by atoms with Crippen LogP contribution in [-0.4, -0.2) is 39.7 Å². The predicted molar refractivity (Wildman–Crippen MR) is 86.2 cm³/mol. The van der Waals surface area contributed by atoms with Crippen LogP contribution in [0.5, 0.6) is 0 Å². The summed E-state index contributed by atoms with van der Waals surface area (Å²) in [6.07, 6.45) is -4.73. The molecule has 2 aromatic rings. The second-order valence-corrected chi connectivity index (χ2v) is 5.57. The Morgan fingerprint density at radius 1 is 1.31 bits per heavy atom. The minimum absolute atomic E-state index is 0.151. The summed E-state index contributed by atoms with van der Waals surface area (Å²) in [6.45, 7) is 0.264. The highest BCUT2D eigenvalue weighted by atomic mass is 19.4. The van der Waals surface area contributed by atoms with Crippen molar-refractivity contribution in [3.63, 3.8) is 0 Å². The third-order valence-electron chi connectivity index (χ3n) is 3.62. The van der Waals surface area contributed by atoms with Gasteiger partial charge in [-0.15, -0.1) is 0 Å². The van der Waals surface area contributed by atoms with Crippen molar-refractivity contribution in [1.82, 2.24) is 14.9 Å². The summed E-state index contributed by atoms with van der Waals surface area (Å²) < 4.78 is 38.6. The number of rotatable bonds is 5. The first-order valence-electron chi connectivity index (χ1n) is 7.60. The van der Waals surface area contributed by atoms with Crippen LogP contribution < -0.4 is 0 Å². The van der Waals surface area contributed by atoms with Gasteiger partial charge in [0.25, 0.3) is 0 Å². The minimum atomic E-state index is -4.48. The lowest BCUT2D eigenvalue weighted by molar-refractivity contribution is -0.137. The van der Waals surface area contributed by atoms with Crippen molar-refractivity contribution in [1.29, 1.82) is 5.26 Å². The normalized spacial score (nSPS) is 11.0. The van der Waals surface area contributed by atoms with Gasteiger partial charge in [-0.1, -0.05) is 12.1 Å². The molecule has 0 aliphatic heterocycles. The Morgan fingerprint density at radius 2 is 2.04 bits per heavy atom. The van der Waals surface area contributed by atoms with Crippen molar-refractivity contribution in [3.05, 3.63) is 47.4 Å². The topological polar surface area (TPSA) is 90.1 Å². The van der Waals surface area contributed by atoms with Crippen molar-refractivity contribution in [2.45, 2.75) is 19.0 Å². The molecule has 0 aliphatic carbocycles. The maximum absolute atomic E-state index is 12.9. The van der Waals surface area contributed by atoms with Crippen molar-refractivity contribution >= 4 is 6.09 Å². The van der Waals surface area contributed by atoms with E-state index >= 15 is 0 Å². The summed E-state index contributed by atoms with van der Waals surface area (Å²) in [5.41, 5.74) is 0.0892. The molecule has 1 N–H and O–H groups in total. The second-order valence-electron chi connectivity index (χ2n) is 5.57. The van der Waals surface area contributed by atoms with E-state index in [1.807, 2.05) is 0 Å². The standard InChI is InChI=1S/C17H15F3N4O2/c1-24(16(25)26)7-3-6-13-9-14(23-15(10-21)22-13)11-4-2-5-12(8-11)17(18,19)20/h2,4-5,8-9H,3,6-7H2,1H3,(H,25,26). The SMILES string of the molecule is CN(CCCc1cc(-c2cccc(C(F)(F)F)c2)nc(C#N)n1)C(=O)O. The molecule has 0 fully saturated rings. The molecule has 1 heterocycles. The average molecular weight is 364 g/mol. The summed E-state index contributed by atoms with van der Waals surface area (Å²) in [4.78, 5) is 19.9. The molecule has 6 nitrogen and oxygen atoms in total. The first-order chi connectivity index (χ1) is 12.2. The summed E-state index contributed by atoms with van der Waals surface area (Å²) in [5, 5.41) is 17.9. The van der Waals surface area contributed by atoms with Crippen LogP contribution in [0.25, 0.3) is 11.3 Å². The molecule has 1 aromatic heterocycles. The van der Waals surface area contributed by atoms with Gasteiger partial charge in [-0.2, -0.15) is 18.4 Å². The number of nitrogens with zero attached hydrogens (tertiary/aromatic N) is 4. The Kier molecular flexibility index (Phi) is 5.77. The van der Waals surface area contributed by atoms with Gasteiger partial charge in [0.2, 0.25) is 5.82 Å². The molecular formula is C17H15F3N4O2. The smallest absolute Gasteiger partial charge is 0.416 e. The number of amides is 1. The number of hydrogen-bond donors (Lipinski definition) is 1. The number of alkyl halides is 3. The lowest BCUT2D eigenvalue weighted by Gasteiger charge is -2.12. The van der Waals surface area contributed by atoms with E-state index in [-0.39, 0.29) is 23.6 Å². The van der Waals surface area contributed by atoms with Gasteiger partial charge in [0, 0.05) is 24.8 Å². The van der Waals surface area contributed by atoms with E-state index in [4.69, 9.17) is 10.4 Å². The average Bonchev–Trinajstić information content (AvgIpc) is 2.60. The molecule has 26 heavy (non-hydrogen) atoms. The molecule has 0 saturated heterocycles. The van der Waals surface area contributed by atoms with E-state index in [1.54, 1.807) is 6.07 Å². The molecule has 0 unspecified atom stereocenters. The third-order valence-corrected chi connectivity index (χ3v) is 3.62. The highest BCUT2D eigenvalue weighted by molar-refractivity contribution is 5.64. The highest BCUT2D eigenvalue weighted by Crippen LogP contribution is 2.31. The van der Waals surface area contributed by atoms with Crippen LogP contribution in [0.4, 0.5) is 18.0 Å². The Labute approximate surface area is 147 Å².